The topological polar surface area (TPSA) is 80.9 Å². The zero-order valence-corrected chi connectivity index (χ0v) is 15.4. The van der Waals surface area contributed by atoms with Gasteiger partial charge in [-0.2, -0.15) is 4.98 Å². The number of carbonyl (C=O) groups excluding carboxylic acids is 1. The van der Waals surface area contributed by atoms with E-state index < -0.39 is 0 Å². The van der Waals surface area contributed by atoms with Crippen molar-refractivity contribution in [2.75, 3.05) is 0 Å². The summed E-state index contributed by atoms with van der Waals surface area (Å²) in [5, 5.41) is 7.22. The zero-order valence-electron chi connectivity index (χ0n) is 15.4. The number of hydrogen-bond acceptors (Lipinski definition) is 5. The van der Waals surface area contributed by atoms with Crippen molar-refractivity contribution in [1.29, 1.82) is 0 Å². The molecule has 26 heavy (non-hydrogen) atoms. The zero-order chi connectivity index (χ0) is 18.1. The fourth-order valence-electron chi connectivity index (χ4n) is 3.71. The number of hydrogen-bond donors (Lipinski definition) is 1. The van der Waals surface area contributed by atoms with E-state index in [1.165, 1.54) is 25.7 Å². The van der Waals surface area contributed by atoms with E-state index in [1.807, 2.05) is 12.1 Å². The Morgan fingerprint density at radius 2 is 1.85 bits per heavy atom. The second-order valence-corrected chi connectivity index (χ2v) is 8.02. The molecule has 0 saturated heterocycles. The minimum Gasteiger partial charge on any atom is -0.344 e. The molecule has 2 saturated carbocycles. The van der Waals surface area contributed by atoms with Crippen LogP contribution in [0.15, 0.2) is 29.0 Å². The molecule has 2 aromatic heterocycles. The van der Waals surface area contributed by atoms with Gasteiger partial charge in [0.25, 0.3) is 0 Å². The molecule has 1 amide bonds. The SMILES string of the molecule is CC(C)C(NC(=O)CC(C1CC1)C1CC1)c1nc(-c2ccncc2)no1. The molecule has 138 valence electrons. The maximum Gasteiger partial charge on any atom is 0.249 e. The average Bonchev–Trinajstić information content (AvgIpc) is 3.57. The first-order chi connectivity index (χ1) is 12.6. The highest BCUT2D eigenvalue weighted by molar-refractivity contribution is 5.76. The number of carbonyl (C=O) groups is 1. The third-order valence-corrected chi connectivity index (χ3v) is 5.51. The fraction of sp³-hybridized carbons (Fsp3) is 0.600. The Morgan fingerprint density at radius 1 is 1.19 bits per heavy atom. The third kappa shape index (κ3) is 3.94. The fourth-order valence-corrected chi connectivity index (χ4v) is 3.71. The Kier molecular flexibility index (Phi) is 4.74. The number of pyridine rings is 1. The molecule has 2 aliphatic carbocycles. The number of aromatic nitrogens is 3. The van der Waals surface area contributed by atoms with Crippen molar-refractivity contribution >= 4 is 5.91 Å². The summed E-state index contributed by atoms with van der Waals surface area (Å²) in [6.07, 6.45) is 9.19. The van der Waals surface area contributed by atoms with Gasteiger partial charge < -0.3 is 9.84 Å². The number of rotatable bonds is 8. The van der Waals surface area contributed by atoms with Crippen molar-refractivity contribution in [3.05, 3.63) is 30.4 Å². The van der Waals surface area contributed by atoms with E-state index in [9.17, 15) is 4.79 Å². The first-order valence-electron chi connectivity index (χ1n) is 9.65. The lowest BCUT2D eigenvalue weighted by Gasteiger charge is -2.21. The first kappa shape index (κ1) is 17.2. The molecule has 0 spiro atoms. The Hall–Kier alpha value is -2.24. The van der Waals surface area contributed by atoms with Crippen LogP contribution in [0.2, 0.25) is 0 Å². The number of amides is 1. The van der Waals surface area contributed by atoms with Gasteiger partial charge in [-0.1, -0.05) is 19.0 Å². The molecule has 2 aromatic rings. The molecule has 1 unspecified atom stereocenters. The molecular weight excluding hydrogens is 328 g/mol. The molecule has 2 fully saturated rings. The molecule has 6 nitrogen and oxygen atoms in total. The molecule has 6 heteroatoms. The van der Waals surface area contributed by atoms with Crippen molar-refractivity contribution < 1.29 is 9.32 Å². The Bertz CT molecular complexity index is 738. The quantitative estimate of drug-likeness (QED) is 0.780. The third-order valence-electron chi connectivity index (χ3n) is 5.51. The van der Waals surface area contributed by atoms with Gasteiger partial charge in [0.05, 0.1) is 0 Å². The van der Waals surface area contributed by atoms with Crippen LogP contribution in [0.25, 0.3) is 11.4 Å². The summed E-state index contributed by atoms with van der Waals surface area (Å²) in [6, 6.07) is 3.42. The molecule has 2 heterocycles. The van der Waals surface area contributed by atoms with Crippen LogP contribution in [-0.4, -0.2) is 21.0 Å². The summed E-state index contributed by atoms with van der Waals surface area (Å²) in [7, 11) is 0. The highest BCUT2D eigenvalue weighted by Crippen LogP contribution is 2.50. The monoisotopic (exact) mass is 354 g/mol. The molecule has 0 aromatic carbocycles. The van der Waals surface area contributed by atoms with Gasteiger partial charge in [-0.3, -0.25) is 9.78 Å². The maximum absolute atomic E-state index is 12.7. The van der Waals surface area contributed by atoms with Gasteiger partial charge in [-0.25, -0.2) is 0 Å². The van der Waals surface area contributed by atoms with E-state index in [4.69, 9.17) is 4.52 Å². The van der Waals surface area contributed by atoms with Crippen molar-refractivity contribution in [3.8, 4) is 11.4 Å². The smallest absolute Gasteiger partial charge is 0.249 e. The van der Waals surface area contributed by atoms with Crippen LogP contribution >= 0.6 is 0 Å². The predicted molar refractivity (Wildman–Crippen MR) is 96.8 cm³/mol. The van der Waals surface area contributed by atoms with E-state index in [0.717, 1.165) is 17.4 Å². The van der Waals surface area contributed by atoms with Crippen LogP contribution in [0.3, 0.4) is 0 Å². The van der Waals surface area contributed by atoms with Crippen molar-refractivity contribution in [3.63, 3.8) is 0 Å². The summed E-state index contributed by atoms with van der Waals surface area (Å²) >= 11 is 0. The predicted octanol–water partition coefficient (Wildman–Crippen LogP) is 3.77. The average molecular weight is 354 g/mol. The van der Waals surface area contributed by atoms with E-state index in [1.54, 1.807) is 12.4 Å². The van der Waals surface area contributed by atoms with Gasteiger partial charge in [-0.05, 0) is 61.5 Å². The van der Waals surface area contributed by atoms with Crippen LogP contribution in [0.1, 0.15) is 57.9 Å². The van der Waals surface area contributed by atoms with E-state index >= 15 is 0 Å². The van der Waals surface area contributed by atoms with Crippen LogP contribution < -0.4 is 5.32 Å². The van der Waals surface area contributed by atoms with Gasteiger partial charge in [-0.15, -0.1) is 0 Å². The summed E-state index contributed by atoms with van der Waals surface area (Å²) in [4.78, 5) is 21.2. The summed E-state index contributed by atoms with van der Waals surface area (Å²) in [5.41, 5.74) is 0.853. The lowest BCUT2D eigenvalue weighted by molar-refractivity contribution is -0.123. The minimum atomic E-state index is -0.260. The van der Waals surface area contributed by atoms with Crippen molar-refractivity contribution in [2.24, 2.45) is 23.7 Å². The van der Waals surface area contributed by atoms with Crippen LogP contribution in [0.4, 0.5) is 0 Å². The second-order valence-electron chi connectivity index (χ2n) is 8.02. The van der Waals surface area contributed by atoms with Crippen LogP contribution in [0.5, 0.6) is 0 Å². The molecular formula is C20H26N4O2. The molecule has 4 rings (SSSR count). The van der Waals surface area contributed by atoms with Gasteiger partial charge in [0.1, 0.15) is 6.04 Å². The summed E-state index contributed by atoms with van der Waals surface area (Å²) < 4.78 is 5.47. The molecule has 1 atom stereocenters. The second kappa shape index (κ2) is 7.17. The van der Waals surface area contributed by atoms with Crippen LogP contribution in [-0.2, 0) is 4.79 Å². The largest absolute Gasteiger partial charge is 0.344 e. The normalized spacial score (nSPS) is 18.3. The van der Waals surface area contributed by atoms with Gasteiger partial charge in [0.2, 0.25) is 17.6 Å². The van der Waals surface area contributed by atoms with Crippen LogP contribution in [0, 0.1) is 23.7 Å². The molecule has 1 N–H and O–H groups in total. The van der Waals surface area contributed by atoms with Crippen molar-refractivity contribution in [1.82, 2.24) is 20.4 Å². The van der Waals surface area contributed by atoms with Gasteiger partial charge >= 0.3 is 0 Å². The van der Waals surface area contributed by atoms with E-state index in [-0.39, 0.29) is 17.9 Å². The number of nitrogens with one attached hydrogen (secondary N) is 1. The first-order valence-corrected chi connectivity index (χ1v) is 9.65. The highest BCUT2D eigenvalue weighted by atomic mass is 16.5. The maximum atomic E-state index is 12.7. The summed E-state index contributed by atoms with van der Waals surface area (Å²) in [5.74, 6) is 3.38. The molecule has 2 aliphatic rings. The molecule has 0 bridgehead atoms. The highest BCUT2D eigenvalue weighted by Gasteiger charge is 2.42. The Labute approximate surface area is 153 Å². The minimum absolute atomic E-state index is 0.108. The van der Waals surface area contributed by atoms with E-state index in [0.29, 0.717) is 24.1 Å². The molecule has 0 aliphatic heterocycles. The standard InChI is InChI=1S/C20H26N4O2/c1-12(2)18(20-23-19(24-26-20)15-7-9-21-10-8-15)22-17(25)11-16(13-3-4-13)14-5-6-14/h7-10,12-14,16,18H,3-6,11H2,1-2H3,(H,22,25). The lowest BCUT2D eigenvalue weighted by atomic mass is 9.93. The Balaban J connectivity index is 1.44. The van der Waals surface area contributed by atoms with Gasteiger partial charge in [0.15, 0.2) is 0 Å². The lowest BCUT2D eigenvalue weighted by Crippen LogP contribution is -2.33. The number of nitrogens with zero attached hydrogens (tertiary/aromatic N) is 3. The van der Waals surface area contributed by atoms with Crippen molar-refractivity contribution in [2.45, 2.75) is 52.0 Å². The summed E-state index contributed by atoms with van der Waals surface area (Å²) in [6.45, 7) is 4.11. The van der Waals surface area contributed by atoms with E-state index in [2.05, 4.69) is 34.3 Å². The van der Waals surface area contributed by atoms with Gasteiger partial charge in [0, 0.05) is 24.4 Å². The molecule has 0 radical (unpaired) electrons. The Morgan fingerprint density at radius 3 is 2.42 bits per heavy atom.